The minimum atomic E-state index is -0.172. The predicted molar refractivity (Wildman–Crippen MR) is 110 cm³/mol. The molecule has 1 atom stereocenters. The van der Waals surface area contributed by atoms with Crippen LogP contribution in [0, 0.1) is 18.3 Å². The van der Waals surface area contributed by atoms with Crippen LogP contribution in [0.5, 0.6) is 5.88 Å². The maximum Gasteiger partial charge on any atom is 0.325 e. The summed E-state index contributed by atoms with van der Waals surface area (Å²) in [6.45, 7) is 4.19. The summed E-state index contributed by atoms with van der Waals surface area (Å²) in [5, 5.41) is 8.98. The van der Waals surface area contributed by atoms with Gasteiger partial charge in [0.1, 0.15) is 12.6 Å². The number of anilines is 1. The van der Waals surface area contributed by atoms with Gasteiger partial charge in [0.05, 0.1) is 18.2 Å². The Morgan fingerprint density at radius 1 is 1.23 bits per heavy atom. The van der Waals surface area contributed by atoms with Crippen LogP contribution in [0.1, 0.15) is 17.5 Å². The number of carbonyl (C=O) groups excluding carboxylic acids is 2. The number of hydrogen-bond donors (Lipinski definition) is 0. The fraction of sp³-hybridized carbons (Fsp3) is 0.364. The molecule has 2 fully saturated rings. The van der Waals surface area contributed by atoms with Gasteiger partial charge in [0.2, 0.25) is 11.8 Å². The van der Waals surface area contributed by atoms with E-state index in [4.69, 9.17) is 10.00 Å². The quantitative estimate of drug-likeness (QED) is 0.761. The lowest BCUT2D eigenvalue weighted by molar-refractivity contribution is -0.130. The van der Waals surface area contributed by atoms with Crippen LogP contribution in [-0.4, -0.2) is 65.5 Å². The lowest BCUT2D eigenvalue weighted by Gasteiger charge is -2.22. The molecule has 30 heavy (non-hydrogen) atoms. The van der Waals surface area contributed by atoms with Crippen molar-refractivity contribution in [2.75, 3.05) is 37.6 Å². The summed E-state index contributed by atoms with van der Waals surface area (Å²) >= 11 is 0. The third-order valence-corrected chi connectivity index (χ3v) is 5.42. The molecule has 0 radical (unpaired) electrons. The summed E-state index contributed by atoms with van der Waals surface area (Å²) in [6.07, 6.45) is 2.05. The molecule has 8 heteroatoms. The zero-order valence-electron chi connectivity index (χ0n) is 16.8. The Bertz CT molecular complexity index is 985. The maximum atomic E-state index is 12.7. The lowest BCUT2D eigenvalue weighted by atomic mass is 10.2. The maximum absolute atomic E-state index is 12.7. The van der Waals surface area contributed by atoms with Crippen molar-refractivity contribution in [3.63, 3.8) is 0 Å². The number of amides is 3. The minimum absolute atomic E-state index is 0.0656. The zero-order chi connectivity index (χ0) is 21.1. The van der Waals surface area contributed by atoms with Gasteiger partial charge in [0, 0.05) is 44.0 Å². The number of aromatic nitrogens is 1. The van der Waals surface area contributed by atoms with E-state index < -0.39 is 0 Å². The highest BCUT2D eigenvalue weighted by Gasteiger charge is 2.34. The minimum Gasteiger partial charge on any atom is -0.472 e. The molecule has 1 aromatic heterocycles. The van der Waals surface area contributed by atoms with Gasteiger partial charge in [0.25, 0.3) is 0 Å². The number of hydrogen-bond acceptors (Lipinski definition) is 5. The summed E-state index contributed by atoms with van der Waals surface area (Å²) in [5.41, 5.74) is 2.47. The smallest absolute Gasteiger partial charge is 0.325 e. The van der Waals surface area contributed by atoms with Crippen LogP contribution in [0.2, 0.25) is 0 Å². The van der Waals surface area contributed by atoms with Crippen molar-refractivity contribution in [1.29, 1.82) is 5.26 Å². The molecule has 2 aromatic rings. The standard InChI is InChI=1S/C22H23N5O3/c1-16-2-4-18(5-3-16)27-11-10-26(22(27)29)15-21(28)25-9-7-19(14-25)30-20-12-17(13-23)6-8-24-20/h2-6,8,12,19H,7,9-11,14-15H2,1H3. The number of benzene rings is 1. The van der Waals surface area contributed by atoms with E-state index in [2.05, 4.69) is 11.1 Å². The first kappa shape index (κ1) is 19.7. The summed E-state index contributed by atoms with van der Waals surface area (Å²) in [5.74, 6) is 0.302. The van der Waals surface area contributed by atoms with Gasteiger partial charge in [-0.3, -0.25) is 9.69 Å². The van der Waals surface area contributed by atoms with Crippen molar-refractivity contribution in [1.82, 2.24) is 14.8 Å². The SMILES string of the molecule is Cc1ccc(N2CCN(CC(=O)N3CCC(Oc4cc(C#N)ccn4)C3)C2=O)cc1. The molecule has 2 saturated heterocycles. The van der Waals surface area contributed by atoms with Crippen LogP contribution in [0.3, 0.4) is 0 Å². The van der Waals surface area contributed by atoms with E-state index >= 15 is 0 Å². The van der Waals surface area contributed by atoms with E-state index in [1.54, 1.807) is 26.8 Å². The van der Waals surface area contributed by atoms with Crippen LogP contribution in [0.25, 0.3) is 0 Å². The van der Waals surface area contributed by atoms with E-state index in [0.717, 1.165) is 11.3 Å². The summed E-state index contributed by atoms with van der Waals surface area (Å²) in [7, 11) is 0. The molecule has 1 aromatic carbocycles. The summed E-state index contributed by atoms with van der Waals surface area (Å²) in [6, 6.07) is 12.9. The molecule has 0 aliphatic carbocycles. The molecule has 4 rings (SSSR count). The number of likely N-dealkylation sites (tertiary alicyclic amines) is 1. The Kier molecular flexibility index (Phi) is 5.53. The second-order valence-corrected chi connectivity index (χ2v) is 7.55. The van der Waals surface area contributed by atoms with Gasteiger partial charge in [-0.1, -0.05) is 17.7 Å². The fourth-order valence-corrected chi connectivity index (χ4v) is 3.72. The zero-order valence-corrected chi connectivity index (χ0v) is 16.8. The highest BCUT2D eigenvalue weighted by molar-refractivity contribution is 5.96. The predicted octanol–water partition coefficient (Wildman–Crippen LogP) is 2.18. The van der Waals surface area contributed by atoms with Crippen LogP contribution >= 0.6 is 0 Å². The van der Waals surface area contributed by atoms with Gasteiger partial charge in [0.15, 0.2) is 0 Å². The number of rotatable bonds is 5. The molecule has 3 heterocycles. The molecule has 0 saturated carbocycles. The molecular formula is C22H23N5O3. The van der Waals surface area contributed by atoms with Crippen molar-refractivity contribution in [3.05, 3.63) is 53.7 Å². The third kappa shape index (κ3) is 4.20. The number of carbonyl (C=O) groups is 2. The number of nitrogens with zero attached hydrogens (tertiary/aromatic N) is 5. The van der Waals surface area contributed by atoms with E-state index in [9.17, 15) is 9.59 Å². The van der Waals surface area contributed by atoms with Crippen molar-refractivity contribution >= 4 is 17.6 Å². The first-order valence-electron chi connectivity index (χ1n) is 9.97. The highest BCUT2D eigenvalue weighted by atomic mass is 16.5. The van der Waals surface area contributed by atoms with Gasteiger partial charge >= 0.3 is 6.03 Å². The third-order valence-electron chi connectivity index (χ3n) is 5.42. The van der Waals surface area contributed by atoms with Gasteiger partial charge in [-0.25, -0.2) is 9.78 Å². The number of aryl methyl sites for hydroxylation is 1. The molecule has 0 bridgehead atoms. The van der Waals surface area contributed by atoms with Crippen molar-refractivity contribution in [2.24, 2.45) is 0 Å². The van der Waals surface area contributed by atoms with Crippen LogP contribution < -0.4 is 9.64 Å². The molecule has 2 aliphatic heterocycles. The Labute approximate surface area is 175 Å². The molecule has 2 aliphatic rings. The first-order valence-corrected chi connectivity index (χ1v) is 9.97. The summed E-state index contributed by atoms with van der Waals surface area (Å²) in [4.78, 5) is 34.6. The highest BCUT2D eigenvalue weighted by Crippen LogP contribution is 2.22. The Hall–Kier alpha value is -3.60. The van der Waals surface area contributed by atoms with E-state index in [0.29, 0.717) is 44.0 Å². The normalized spacial score (nSPS) is 18.6. The monoisotopic (exact) mass is 405 g/mol. The molecule has 154 valence electrons. The van der Waals surface area contributed by atoms with E-state index in [-0.39, 0.29) is 24.6 Å². The Balaban J connectivity index is 1.31. The molecule has 0 N–H and O–H groups in total. The van der Waals surface area contributed by atoms with Gasteiger partial charge in [-0.15, -0.1) is 0 Å². The number of ether oxygens (including phenoxy) is 1. The molecular weight excluding hydrogens is 382 g/mol. The van der Waals surface area contributed by atoms with Crippen molar-refractivity contribution < 1.29 is 14.3 Å². The number of nitriles is 1. The average molecular weight is 405 g/mol. The molecule has 1 unspecified atom stereocenters. The van der Waals surface area contributed by atoms with Crippen molar-refractivity contribution in [2.45, 2.75) is 19.4 Å². The first-order chi connectivity index (χ1) is 14.5. The Morgan fingerprint density at radius 3 is 2.80 bits per heavy atom. The Morgan fingerprint density at radius 2 is 2.03 bits per heavy atom. The van der Waals surface area contributed by atoms with E-state index in [1.165, 1.54) is 6.20 Å². The summed E-state index contributed by atoms with van der Waals surface area (Å²) < 4.78 is 5.83. The largest absolute Gasteiger partial charge is 0.472 e. The van der Waals surface area contributed by atoms with Gasteiger partial charge < -0.3 is 14.5 Å². The second-order valence-electron chi connectivity index (χ2n) is 7.55. The van der Waals surface area contributed by atoms with Crippen molar-refractivity contribution in [3.8, 4) is 11.9 Å². The molecule has 8 nitrogen and oxygen atoms in total. The molecule has 0 spiro atoms. The topological polar surface area (TPSA) is 89.8 Å². The van der Waals surface area contributed by atoms with Crippen LogP contribution in [-0.2, 0) is 4.79 Å². The van der Waals surface area contributed by atoms with Crippen LogP contribution in [0.4, 0.5) is 10.5 Å². The average Bonchev–Trinajstić information content (AvgIpc) is 3.36. The van der Waals surface area contributed by atoms with E-state index in [1.807, 2.05) is 31.2 Å². The lowest BCUT2D eigenvalue weighted by Crippen LogP contribution is -2.42. The van der Waals surface area contributed by atoms with Gasteiger partial charge in [-0.05, 0) is 25.1 Å². The molecule has 3 amide bonds. The van der Waals surface area contributed by atoms with Gasteiger partial charge in [-0.2, -0.15) is 5.26 Å². The second kappa shape index (κ2) is 8.41. The number of pyridine rings is 1. The fourth-order valence-electron chi connectivity index (χ4n) is 3.72. The number of urea groups is 1. The van der Waals surface area contributed by atoms with Crippen LogP contribution in [0.15, 0.2) is 42.6 Å².